The van der Waals surface area contributed by atoms with Crippen LogP contribution in [0.3, 0.4) is 0 Å². The molecule has 1 atom stereocenters. The molecule has 1 aromatic rings. The average Bonchev–Trinajstić information content (AvgIpc) is 2.89. The van der Waals surface area contributed by atoms with Crippen molar-refractivity contribution >= 4 is 17.5 Å². The van der Waals surface area contributed by atoms with Crippen LogP contribution in [0.1, 0.15) is 43.0 Å². The predicted octanol–water partition coefficient (Wildman–Crippen LogP) is 1.65. The molecule has 1 heterocycles. The Hall–Kier alpha value is -1.88. The van der Waals surface area contributed by atoms with Crippen LogP contribution in [0, 0.1) is 0 Å². The maximum atomic E-state index is 12.5. The van der Waals surface area contributed by atoms with Crippen LogP contribution in [0.15, 0.2) is 24.3 Å². The lowest BCUT2D eigenvalue weighted by Crippen LogP contribution is -2.50. The van der Waals surface area contributed by atoms with Crippen LogP contribution in [0.5, 0.6) is 0 Å². The molecule has 1 saturated heterocycles. The minimum atomic E-state index is -0.470. The summed E-state index contributed by atoms with van der Waals surface area (Å²) in [7, 11) is 0. The molecule has 1 aliphatic heterocycles. The van der Waals surface area contributed by atoms with E-state index in [1.807, 2.05) is 0 Å². The Morgan fingerprint density at radius 1 is 1.35 bits per heavy atom. The van der Waals surface area contributed by atoms with Crippen molar-refractivity contribution in [3.8, 4) is 0 Å². The lowest BCUT2D eigenvalue weighted by Gasteiger charge is -2.27. The summed E-state index contributed by atoms with van der Waals surface area (Å²) in [6, 6.07) is 6.64. The predicted molar refractivity (Wildman–Crippen MR) is 78.5 cm³/mol. The maximum absolute atomic E-state index is 12.5. The largest absolute Gasteiger partial charge is 0.366 e. The smallest absolute Gasteiger partial charge is 0.248 e. The number of carbonyl (C=O) groups excluding carboxylic acids is 2. The first-order valence-electron chi connectivity index (χ1n) is 7.04. The van der Waals surface area contributed by atoms with Crippen LogP contribution in [-0.2, 0) is 4.79 Å². The van der Waals surface area contributed by atoms with Gasteiger partial charge in [-0.05, 0) is 50.1 Å². The second-order valence-electron chi connectivity index (χ2n) is 5.26. The average molecular weight is 275 g/mol. The van der Waals surface area contributed by atoms with E-state index >= 15 is 0 Å². The molecule has 0 saturated carbocycles. The van der Waals surface area contributed by atoms with Crippen molar-refractivity contribution in [3.63, 3.8) is 0 Å². The van der Waals surface area contributed by atoms with Crippen molar-refractivity contribution in [2.45, 2.75) is 38.1 Å². The van der Waals surface area contributed by atoms with E-state index in [2.05, 4.69) is 17.6 Å². The van der Waals surface area contributed by atoms with Gasteiger partial charge in [-0.3, -0.25) is 9.59 Å². The van der Waals surface area contributed by atoms with E-state index in [-0.39, 0.29) is 5.91 Å². The molecule has 1 fully saturated rings. The fourth-order valence-electron chi connectivity index (χ4n) is 2.72. The van der Waals surface area contributed by atoms with Gasteiger partial charge in [-0.2, -0.15) is 0 Å². The third-order valence-corrected chi connectivity index (χ3v) is 3.78. The van der Waals surface area contributed by atoms with Gasteiger partial charge >= 0.3 is 0 Å². The minimum Gasteiger partial charge on any atom is -0.366 e. The Balaban J connectivity index is 2.08. The van der Waals surface area contributed by atoms with Crippen LogP contribution in [0.2, 0.25) is 0 Å². The Labute approximate surface area is 118 Å². The molecule has 1 unspecified atom stereocenters. The zero-order valence-corrected chi connectivity index (χ0v) is 11.7. The highest BCUT2D eigenvalue weighted by molar-refractivity contribution is 5.99. The number of anilines is 1. The number of nitrogens with two attached hydrogens (primary N) is 1. The minimum absolute atomic E-state index is 0.00340. The summed E-state index contributed by atoms with van der Waals surface area (Å²) in [5, 5.41) is 6.26. The van der Waals surface area contributed by atoms with Crippen molar-refractivity contribution in [2.24, 2.45) is 5.73 Å². The van der Waals surface area contributed by atoms with Gasteiger partial charge in [0.15, 0.2) is 0 Å². The quantitative estimate of drug-likeness (QED) is 0.764. The number of nitrogens with one attached hydrogen (secondary N) is 2. The van der Waals surface area contributed by atoms with E-state index in [9.17, 15) is 9.59 Å². The molecule has 108 valence electrons. The van der Waals surface area contributed by atoms with E-state index < -0.39 is 11.4 Å². The van der Waals surface area contributed by atoms with Crippen molar-refractivity contribution in [1.82, 2.24) is 5.32 Å². The molecule has 2 amide bonds. The number of carbonyl (C=O) groups is 2. The molecule has 2 rings (SSSR count). The molecule has 1 aliphatic rings. The van der Waals surface area contributed by atoms with E-state index in [4.69, 9.17) is 5.73 Å². The van der Waals surface area contributed by atoms with Crippen LogP contribution in [0.25, 0.3) is 0 Å². The molecule has 5 nitrogen and oxygen atoms in total. The summed E-state index contributed by atoms with van der Waals surface area (Å²) < 4.78 is 0. The summed E-state index contributed by atoms with van der Waals surface area (Å²) in [6.45, 7) is 2.96. The van der Waals surface area contributed by atoms with E-state index in [0.29, 0.717) is 11.3 Å². The summed E-state index contributed by atoms with van der Waals surface area (Å²) in [5.41, 5.74) is 5.86. The fraction of sp³-hybridized carbons (Fsp3) is 0.467. The molecule has 0 aromatic heterocycles. The number of benzene rings is 1. The molecule has 1 aromatic carbocycles. The highest BCUT2D eigenvalue weighted by Crippen LogP contribution is 2.26. The fourth-order valence-corrected chi connectivity index (χ4v) is 2.72. The van der Waals surface area contributed by atoms with Crippen LogP contribution in [-0.4, -0.2) is 23.9 Å². The first-order valence-corrected chi connectivity index (χ1v) is 7.04. The molecule has 20 heavy (non-hydrogen) atoms. The number of amides is 2. The normalized spacial score (nSPS) is 21.6. The molecule has 5 heteroatoms. The molecule has 0 bridgehead atoms. The Bertz CT molecular complexity index is 490. The lowest BCUT2D eigenvalue weighted by atomic mass is 9.90. The lowest BCUT2D eigenvalue weighted by molar-refractivity contribution is -0.122. The van der Waals surface area contributed by atoms with E-state index in [0.717, 1.165) is 32.2 Å². The second kappa shape index (κ2) is 6.05. The van der Waals surface area contributed by atoms with Gasteiger partial charge < -0.3 is 16.4 Å². The molecule has 0 aliphatic carbocycles. The van der Waals surface area contributed by atoms with Crippen molar-refractivity contribution in [1.29, 1.82) is 0 Å². The van der Waals surface area contributed by atoms with Gasteiger partial charge in [0.05, 0.1) is 5.54 Å². The summed E-state index contributed by atoms with van der Waals surface area (Å²) in [5.74, 6) is -0.466. The van der Waals surface area contributed by atoms with Gasteiger partial charge in [0, 0.05) is 11.3 Å². The maximum Gasteiger partial charge on any atom is 0.248 e. The summed E-state index contributed by atoms with van der Waals surface area (Å²) in [4.78, 5) is 23.5. The zero-order valence-electron chi connectivity index (χ0n) is 11.7. The third kappa shape index (κ3) is 2.99. The molecule has 4 N–H and O–H groups in total. The number of rotatable bonds is 5. The van der Waals surface area contributed by atoms with Crippen molar-refractivity contribution in [3.05, 3.63) is 29.8 Å². The molecule has 0 radical (unpaired) electrons. The van der Waals surface area contributed by atoms with Gasteiger partial charge in [0.2, 0.25) is 11.8 Å². The van der Waals surface area contributed by atoms with Gasteiger partial charge in [0.1, 0.15) is 0 Å². The Kier molecular flexibility index (Phi) is 4.39. The van der Waals surface area contributed by atoms with E-state index in [1.165, 1.54) is 0 Å². The monoisotopic (exact) mass is 275 g/mol. The number of hydrogen-bond donors (Lipinski definition) is 3. The highest BCUT2D eigenvalue weighted by Gasteiger charge is 2.39. The molecular weight excluding hydrogens is 254 g/mol. The van der Waals surface area contributed by atoms with Crippen molar-refractivity contribution in [2.75, 3.05) is 11.9 Å². The van der Waals surface area contributed by atoms with Crippen LogP contribution < -0.4 is 16.4 Å². The zero-order chi connectivity index (χ0) is 14.6. The third-order valence-electron chi connectivity index (χ3n) is 3.78. The van der Waals surface area contributed by atoms with Crippen molar-refractivity contribution < 1.29 is 9.59 Å². The SMILES string of the molecule is CCCC1(C(=O)Nc2ccc(C(N)=O)cc2)CCCN1. The molecular formula is C15H21N3O2. The summed E-state index contributed by atoms with van der Waals surface area (Å²) in [6.07, 6.45) is 3.68. The Morgan fingerprint density at radius 2 is 2.05 bits per heavy atom. The topological polar surface area (TPSA) is 84.2 Å². The highest BCUT2D eigenvalue weighted by atomic mass is 16.2. The van der Waals surface area contributed by atoms with Gasteiger partial charge in [-0.25, -0.2) is 0 Å². The van der Waals surface area contributed by atoms with Gasteiger partial charge in [0.25, 0.3) is 0 Å². The molecule has 0 spiro atoms. The second-order valence-corrected chi connectivity index (χ2v) is 5.26. The first kappa shape index (κ1) is 14.5. The van der Waals surface area contributed by atoms with Gasteiger partial charge in [-0.1, -0.05) is 13.3 Å². The van der Waals surface area contributed by atoms with E-state index in [1.54, 1.807) is 24.3 Å². The van der Waals surface area contributed by atoms with Gasteiger partial charge in [-0.15, -0.1) is 0 Å². The Morgan fingerprint density at radius 3 is 2.55 bits per heavy atom. The van der Waals surface area contributed by atoms with Crippen LogP contribution in [0.4, 0.5) is 5.69 Å². The van der Waals surface area contributed by atoms with Crippen LogP contribution >= 0.6 is 0 Å². The first-order chi connectivity index (χ1) is 9.57. The number of primary amides is 1. The standard InChI is InChI=1S/C15H21N3O2/c1-2-8-15(9-3-10-17-15)14(20)18-12-6-4-11(5-7-12)13(16)19/h4-7,17H,2-3,8-10H2,1H3,(H2,16,19)(H,18,20). The number of hydrogen-bond acceptors (Lipinski definition) is 3. The summed E-state index contributed by atoms with van der Waals surface area (Å²) >= 11 is 0.